The lowest BCUT2D eigenvalue weighted by atomic mass is 9.76. The molecule has 0 radical (unpaired) electrons. The van der Waals surface area contributed by atoms with Crippen molar-refractivity contribution in [3.63, 3.8) is 0 Å². The highest BCUT2D eigenvalue weighted by atomic mass is 32.1. The lowest BCUT2D eigenvalue weighted by Gasteiger charge is -2.36. The Bertz CT molecular complexity index is 544. The number of likely N-dealkylation sites (N-methyl/N-ethyl adjacent to an activating group) is 1. The van der Waals surface area contributed by atoms with Gasteiger partial charge in [-0.15, -0.1) is 11.3 Å². The predicted octanol–water partition coefficient (Wildman–Crippen LogP) is 1.30. The molecule has 1 saturated carbocycles. The molecule has 21 heavy (non-hydrogen) atoms. The lowest BCUT2D eigenvalue weighted by Crippen LogP contribution is -2.62. The van der Waals surface area contributed by atoms with Crippen molar-refractivity contribution in [1.82, 2.24) is 9.88 Å². The number of nitrogens with two attached hydrogens (primary N) is 2. The van der Waals surface area contributed by atoms with E-state index in [4.69, 9.17) is 11.5 Å². The lowest BCUT2D eigenvalue weighted by molar-refractivity contribution is 0.0822. The van der Waals surface area contributed by atoms with Gasteiger partial charge < -0.3 is 11.5 Å². The number of thiazole rings is 1. The Morgan fingerprint density at radius 1 is 1.52 bits per heavy atom. The number of nitrogens with zero attached hydrogens (tertiary/aromatic N) is 2. The zero-order chi connectivity index (χ0) is 15.0. The second-order valence-corrected chi connectivity index (χ2v) is 7.31. The molecule has 2 unspecified atom stereocenters. The van der Waals surface area contributed by atoms with Gasteiger partial charge in [0.25, 0.3) is 0 Å². The van der Waals surface area contributed by atoms with E-state index in [1.165, 1.54) is 16.2 Å². The number of carbonyl (C=O) groups excluding carboxylic acids is 1. The van der Waals surface area contributed by atoms with Crippen molar-refractivity contribution in [1.29, 1.82) is 0 Å². The highest BCUT2D eigenvalue weighted by molar-refractivity contribution is 7.13. The van der Waals surface area contributed by atoms with Gasteiger partial charge in [0.1, 0.15) is 0 Å². The van der Waals surface area contributed by atoms with Gasteiger partial charge in [0.2, 0.25) is 5.78 Å². The fraction of sp³-hybridized carbons (Fsp3) is 0.733. The summed E-state index contributed by atoms with van der Waals surface area (Å²) in [5, 5.41) is 0.567. The summed E-state index contributed by atoms with van der Waals surface area (Å²) in [7, 11) is 0. The second kappa shape index (κ2) is 5.76. The molecule has 4 N–H and O–H groups in total. The smallest absolute Gasteiger partial charge is 0.212 e. The minimum atomic E-state index is -0.914. The number of carbonyl (C=O) groups is 1. The van der Waals surface area contributed by atoms with Crippen molar-refractivity contribution in [3.8, 4) is 0 Å². The van der Waals surface area contributed by atoms with E-state index in [-0.39, 0.29) is 11.8 Å². The predicted molar refractivity (Wildman–Crippen MR) is 84.5 cm³/mol. The zero-order valence-electron chi connectivity index (χ0n) is 12.6. The molecule has 0 bridgehead atoms. The molecular weight excluding hydrogens is 284 g/mol. The van der Waals surface area contributed by atoms with E-state index in [1.54, 1.807) is 0 Å². The van der Waals surface area contributed by atoms with Crippen LogP contribution in [0.4, 0.5) is 0 Å². The van der Waals surface area contributed by atoms with Crippen LogP contribution in [0.3, 0.4) is 0 Å². The minimum absolute atomic E-state index is 0.0443. The summed E-state index contributed by atoms with van der Waals surface area (Å²) >= 11 is 1.52. The molecular formula is C15H24N4OS. The van der Waals surface area contributed by atoms with Gasteiger partial charge in [0.15, 0.2) is 5.01 Å². The average molecular weight is 308 g/mol. The molecule has 1 aliphatic heterocycles. The van der Waals surface area contributed by atoms with E-state index < -0.39 is 5.54 Å². The van der Waals surface area contributed by atoms with Crippen LogP contribution >= 0.6 is 11.3 Å². The van der Waals surface area contributed by atoms with Gasteiger partial charge in [-0.1, -0.05) is 19.8 Å². The molecule has 116 valence electrons. The number of Topliss-reactive ketones (excluding diaryl/α,β-unsaturated/α-hetero) is 1. The molecule has 5 nitrogen and oxygen atoms in total. The maximum Gasteiger partial charge on any atom is 0.212 e. The second-order valence-electron chi connectivity index (χ2n) is 6.23. The molecule has 2 aliphatic rings. The van der Waals surface area contributed by atoms with Crippen molar-refractivity contribution in [2.75, 3.05) is 13.1 Å². The van der Waals surface area contributed by atoms with Gasteiger partial charge in [-0.25, -0.2) is 4.98 Å². The number of ketones is 1. The van der Waals surface area contributed by atoms with E-state index in [0.29, 0.717) is 11.4 Å². The molecule has 1 aromatic heterocycles. The summed E-state index contributed by atoms with van der Waals surface area (Å²) in [6.07, 6.45) is 4.48. The average Bonchev–Trinajstić information content (AvgIpc) is 2.92. The van der Waals surface area contributed by atoms with Crippen LogP contribution in [0.5, 0.6) is 0 Å². The van der Waals surface area contributed by atoms with Crippen molar-refractivity contribution < 1.29 is 4.79 Å². The Kier molecular flexibility index (Phi) is 4.14. The number of hydrogen-bond acceptors (Lipinski definition) is 6. The van der Waals surface area contributed by atoms with E-state index >= 15 is 0 Å². The van der Waals surface area contributed by atoms with Gasteiger partial charge in [0, 0.05) is 30.4 Å². The quantitative estimate of drug-likeness (QED) is 0.822. The molecule has 0 saturated heterocycles. The first-order chi connectivity index (χ1) is 10.0. The third-order valence-electron chi connectivity index (χ3n) is 4.89. The van der Waals surface area contributed by atoms with Crippen LogP contribution in [0.25, 0.3) is 0 Å². The van der Waals surface area contributed by atoms with Crippen LogP contribution in [0, 0.1) is 0 Å². The highest BCUT2D eigenvalue weighted by Gasteiger charge is 2.43. The van der Waals surface area contributed by atoms with Crippen molar-refractivity contribution in [2.45, 2.75) is 57.2 Å². The van der Waals surface area contributed by atoms with Crippen molar-refractivity contribution in [2.24, 2.45) is 11.5 Å². The van der Waals surface area contributed by atoms with Crippen LogP contribution in [-0.4, -0.2) is 40.3 Å². The zero-order valence-corrected chi connectivity index (χ0v) is 13.4. The number of aromatic nitrogens is 1. The molecule has 1 fully saturated rings. The Morgan fingerprint density at radius 2 is 2.33 bits per heavy atom. The SMILES string of the molecule is CCN1CCc2nc(C(=O)C3(N)CCCCC3N)sc2C1. The summed E-state index contributed by atoms with van der Waals surface area (Å²) < 4.78 is 0. The first-order valence-corrected chi connectivity index (χ1v) is 8.66. The van der Waals surface area contributed by atoms with E-state index in [2.05, 4.69) is 16.8 Å². The number of rotatable bonds is 3. The summed E-state index contributed by atoms with van der Waals surface area (Å²) in [6.45, 7) is 5.12. The first-order valence-electron chi connectivity index (χ1n) is 7.84. The molecule has 3 rings (SSSR count). The van der Waals surface area contributed by atoms with E-state index in [9.17, 15) is 4.79 Å². The van der Waals surface area contributed by atoms with Crippen LogP contribution in [-0.2, 0) is 13.0 Å². The highest BCUT2D eigenvalue weighted by Crippen LogP contribution is 2.32. The number of hydrogen-bond donors (Lipinski definition) is 2. The normalized spacial score (nSPS) is 30.1. The molecule has 2 heterocycles. The fourth-order valence-corrected chi connectivity index (χ4v) is 4.51. The Hall–Kier alpha value is -0.820. The van der Waals surface area contributed by atoms with Gasteiger partial charge in [-0.2, -0.15) is 0 Å². The fourth-order valence-electron chi connectivity index (χ4n) is 3.32. The van der Waals surface area contributed by atoms with Crippen molar-refractivity contribution >= 4 is 17.1 Å². The Balaban J connectivity index is 1.84. The van der Waals surface area contributed by atoms with Gasteiger partial charge in [-0.05, 0) is 19.4 Å². The largest absolute Gasteiger partial charge is 0.326 e. The standard InChI is InChI=1S/C15H24N4OS/c1-2-19-8-6-10-11(9-19)21-14(18-10)13(20)15(17)7-4-3-5-12(15)16/h12H,2-9,16-17H2,1H3. The van der Waals surface area contributed by atoms with Crippen LogP contribution in [0.2, 0.25) is 0 Å². The van der Waals surface area contributed by atoms with E-state index in [0.717, 1.165) is 51.0 Å². The molecule has 0 spiro atoms. The monoisotopic (exact) mass is 308 g/mol. The van der Waals surface area contributed by atoms with Gasteiger partial charge in [0.05, 0.1) is 11.2 Å². The molecule has 6 heteroatoms. The van der Waals surface area contributed by atoms with E-state index in [1.807, 2.05) is 0 Å². The maximum absolute atomic E-state index is 12.8. The van der Waals surface area contributed by atoms with Crippen LogP contribution in [0.15, 0.2) is 0 Å². The Labute approximate surface area is 129 Å². The molecule has 0 aromatic carbocycles. The molecule has 0 amide bonds. The minimum Gasteiger partial charge on any atom is -0.326 e. The summed E-state index contributed by atoms with van der Waals surface area (Å²) in [6, 6.07) is -0.244. The van der Waals surface area contributed by atoms with Crippen LogP contribution < -0.4 is 11.5 Å². The van der Waals surface area contributed by atoms with Gasteiger partial charge in [-0.3, -0.25) is 9.69 Å². The molecule has 2 atom stereocenters. The van der Waals surface area contributed by atoms with Gasteiger partial charge >= 0.3 is 0 Å². The Morgan fingerprint density at radius 3 is 3.05 bits per heavy atom. The van der Waals surface area contributed by atoms with Crippen LogP contribution in [0.1, 0.15) is 53.0 Å². The summed E-state index contributed by atoms with van der Waals surface area (Å²) in [5.41, 5.74) is 12.7. The first kappa shape index (κ1) is 15.1. The summed E-state index contributed by atoms with van der Waals surface area (Å²) in [4.78, 5) is 21.0. The third kappa shape index (κ3) is 2.65. The maximum atomic E-state index is 12.8. The summed E-state index contributed by atoms with van der Waals surface area (Å²) in [5.74, 6) is -0.0443. The topological polar surface area (TPSA) is 85.2 Å². The third-order valence-corrected chi connectivity index (χ3v) is 5.97. The number of fused-ring (bicyclic) bond motifs is 1. The molecule has 1 aromatic rings. The van der Waals surface area contributed by atoms with Crippen molar-refractivity contribution in [3.05, 3.63) is 15.6 Å². The molecule has 1 aliphatic carbocycles.